The van der Waals surface area contributed by atoms with Crippen LogP contribution in [0.1, 0.15) is 46.5 Å². The second-order valence-corrected chi connectivity index (χ2v) is 7.35. The van der Waals surface area contributed by atoms with Crippen molar-refractivity contribution in [1.29, 1.82) is 5.26 Å². The van der Waals surface area contributed by atoms with Gasteiger partial charge in [-0.3, -0.25) is 9.69 Å². The maximum absolute atomic E-state index is 11.8. The molecule has 0 bridgehead atoms. The van der Waals surface area contributed by atoms with E-state index in [4.69, 9.17) is 0 Å². The molecule has 1 amide bonds. The third kappa shape index (κ3) is 3.52. The van der Waals surface area contributed by atoms with Gasteiger partial charge in [0.15, 0.2) is 0 Å². The first-order valence-electron chi connectivity index (χ1n) is 7.82. The number of amides is 1. The molecule has 4 nitrogen and oxygen atoms in total. The van der Waals surface area contributed by atoms with E-state index in [1.54, 1.807) is 0 Å². The van der Waals surface area contributed by atoms with Crippen LogP contribution in [0.25, 0.3) is 0 Å². The first kappa shape index (κ1) is 15.3. The van der Waals surface area contributed by atoms with Gasteiger partial charge in [-0.1, -0.05) is 20.8 Å². The third-order valence-electron chi connectivity index (χ3n) is 4.97. The van der Waals surface area contributed by atoms with E-state index in [1.807, 2.05) is 0 Å². The van der Waals surface area contributed by atoms with Crippen LogP contribution in [-0.4, -0.2) is 36.5 Å². The van der Waals surface area contributed by atoms with E-state index in [0.29, 0.717) is 12.5 Å². The van der Waals surface area contributed by atoms with Crippen molar-refractivity contribution in [1.82, 2.24) is 10.2 Å². The standard InChI is InChI=1S/C16H27N3O/c1-16(2,3)13-6-5-12(10-17)14(9-13)19-8-4-7-18-15(20)11-19/h12-14H,4-9,11H2,1-3H3,(H,18,20). The fourth-order valence-electron chi connectivity index (χ4n) is 3.60. The average molecular weight is 277 g/mol. The number of nitriles is 1. The molecule has 1 aliphatic heterocycles. The largest absolute Gasteiger partial charge is 0.355 e. The molecule has 4 heteroatoms. The zero-order valence-corrected chi connectivity index (χ0v) is 13.0. The summed E-state index contributed by atoms with van der Waals surface area (Å²) in [4.78, 5) is 14.0. The Hall–Kier alpha value is -1.08. The van der Waals surface area contributed by atoms with Gasteiger partial charge in [0.05, 0.1) is 18.5 Å². The molecule has 0 spiro atoms. The van der Waals surface area contributed by atoms with Gasteiger partial charge < -0.3 is 5.32 Å². The number of rotatable bonds is 1. The lowest BCUT2D eigenvalue weighted by molar-refractivity contribution is -0.122. The highest BCUT2D eigenvalue weighted by Crippen LogP contribution is 2.41. The molecule has 2 fully saturated rings. The van der Waals surface area contributed by atoms with Crippen molar-refractivity contribution in [2.45, 2.75) is 52.5 Å². The molecule has 112 valence electrons. The van der Waals surface area contributed by atoms with E-state index in [-0.39, 0.29) is 23.3 Å². The van der Waals surface area contributed by atoms with E-state index in [1.165, 1.54) is 0 Å². The Morgan fingerprint density at radius 3 is 2.75 bits per heavy atom. The van der Waals surface area contributed by atoms with Crippen LogP contribution in [0.3, 0.4) is 0 Å². The SMILES string of the molecule is CC(C)(C)C1CCC(C#N)C(N2CCCNC(=O)C2)C1. The van der Waals surface area contributed by atoms with E-state index >= 15 is 0 Å². The van der Waals surface area contributed by atoms with Crippen molar-refractivity contribution in [3.63, 3.8) is 0 Å². The van der Waals surface area contributed by atoms with Crippen molar-refractivity contribution in [3.8, 4) is 6.07 Å². The monoisotopic (exact) mass is 277 g/mol. The summed E-state index contributed by atoms with van der Waals surface area (Å²) in [7, 11) is 0. The average Bonchev–Trinajstić information content (AvgIpc) is 2.61. The number of hydrogen-bond acceptors (Lipinski definition) is 3. The van der Waals surface area contributed by atoms with Gasteiger partial charge in [-0.15, -0.1) is 0 Å². The summed E-state index contributed by atoms with van der Waals surface area (Å²) in [6, 6.07) is 2.74. The van der Waals surface area contributed by atoms with Crippen molar-refractivity contribution in [3.05, 3.63) is 0 Å². The fraction of sp³-hybridized carbons (Fsp3) is 0.875. The first-order chi connectivity index (χ1) is 9.41. The number of hydrogen-bond donors (Lipinski definition) is 1. The van der Waals surface area contributed by atoms with Crippen molar-refractivity contribution >= 4 is 5.91 Å². The molecule has 1 heterocycles. The number of carbonyl (C=O) groups excluding carboxylic acids is 1. The van der Waals surface area contributed by atoms with E-state index in [9.17, 15) is 10.1 Å². The normalized spacial score (nSPS) is 33.1. The van der Waals surface area contributed by atoms with Gasteiger partial charge in [0.1, 0.15) is 0 Å². The van der Waals surface area contributed by atoms with E-state index < -0.39 is 0 Å². The van der Waals surface area contributed by atoms with Crippen LogP contribution < -0.4 is 5.32 Å². The summed E-state index contributed by atoms with van der Waals surface area (Å²) in [6.45, 7) is 9.02. The van der Waals surface area contributed by atoms with E-state index in [0.717, 1.165) is 38.8 Å². The van der Waals surface area contributed by atoms with Crippen molar-refractivity contribution in [2.75, 3.05) is 19.6 Å². The molecule has 0 aromatic rings. The van der Waals surface area contributed by atoms with Crippen LogP contribution in [0.5, 0.6) is 0 Å². The zero-order valence-electron chi connectivity index (χ0n) is 13.0. The molecule has 1 saturated carbocycles. The molecule has 0 radical (unpaired) electrons. The lowest BCUT2D eigenvalue weighted by atomic mass is 9.68. The van der Waals surface area contributed by atoms with Gasteiger partial charge in [0, 0.05) is 19.1 Å². The lowest BCUT2D eigenvalue weighted by Gasteiger charge is -2.43. The van der Waals surface area contributed by atoms with Gasteiger partial charge in [-0.05, 0) is 37.0 Å². The van der Waals surface area contributed by atoms with Gasteiger partial charge in [-0.2, -0.15) is 5.26 Å². The minimum atomic E-state index is 0.0829. The maximum Gasteiger partial charge on any atom is 0.234 e. The Morgan fingerprint density at radius 2 is 2.10 bits per heavy atom. The molecule has 0 aromatic heterocycles. The molecule has 3 atom stereocenters. The van der Waals surface area contributed by atoms with Gasteiger partial charge in [-0.25, -0.2) is 0 Å². The van der Waals surface area contributed by atoms with E-state index in [2.05, 4.69) is 37.1 Å². The molecule has 0 aromatic carbocycles. The summed E-state index contributed by atoms with van der Waals surface area (Å²) < 4.78 is 0. The van der Waals surface area contributed by atoms with Crippen LogP contribution in [0.2, 0.25) is 0 Å². The summed E-state index contributed by atoms with van der Waals surface area (Å²) in [6.07, 6.45) is 4.15. The molecule has 20 heavy (non-hydrogen) atoms. The first-order valence-corrected chi connectivity index (χ1v) is 7.82. The Morgan fingerprint density at radius 1 is 1.35 bits per heavy atom. The Kier molecular flexibility index (Phi) is 4.70. The molecule has 1 N–H and O–H groups in total. The fourth-order valence-corrected chi connectivity index (χ4v) is 3.60. The van der Waals surface area contributed by atoms with Crippen LogP contribution in [0.4, 0.5) is 0 Å². The third-order valence-corrected chi connectivity index (χ3v) is 4.97. The second kappa shape index (κ2) is 6.13. The number of nitrogens with zero attached hydrogens (tertiary/aromatic N) is 2. The van der Waals surface area contributed by atoms with Crippen LogP contribution in [-0.2, 0) is 4.79 Å². The molecule has 3 unspecified atom stereocenters. The van der Waals surface area contributed by atoms with Crippen LogP contribution in [0.15, 0.2) is 0 Å². The molecule has 2 rings (SSSR count). The summed E-state index contributed by atoms with van der Waals surface area (Å²) in [5, 5.41) is 12.4. The predicted octanol–water partition coefficient (Wildman–Crippen LogP) is 2.16. The number of carbonyl (C=O) groups is 1. The second-order valence-electron chi connectivity index (χ2n) is 7.35. The predicted molar refractivity (Wildman–Crippen MR) is 78.9 cm³/mol. The minimum Gasteiger partial charge on any atom is -0.355 e. The maximum atomic E-state index is 11.8. The highest BCUT2D eigenvalue weighted by molar-refractivity contribution is 5.78. The van der Waals surface area contributed by atoms with Gasteiger partial charge >= 0.3 is 0 Å². The smallest absolute Gasteiger partial charge is 0.234 e. The molecule has 2 aliphatic rings. The molecular formula is C16H27N3O. The molecular weight excluding hydrogens is 250 g/mol. The highest BCUT2D eigenvalue weighted by Gasteiger charge is 2.39. The Labute approximate surface area is 122 Å². The summed E-state index contributed by atoms with van der Waals surface area (Å²) in [5.41, 5.74) is 0.285. The topological polar surface area (TPSA) is 56.1 Å². The summed E-state index contributed by atoms with van der Waals surface area (Å²) in [5.74, 6) is 0.833. The zero-order chi connectivity index (χ0) is 14.8. The Bertz CT molecular complexity index is 394. The van der Waals surface area contributed by atoms with Crippen LogP contribution >= 0.6 is 0 Å². The lowest BCUT2D eigenvalue weighted by Crippen LogP contribution is -2.48. The molecule has 1 aliphatic carbocycles. The minimum absolute atomic E-state index is 0.0829. The number of nitrogens with one attached hydrogen (secondary N) is 1. The van der Waals surface area contributed by atoms with Crippen molar-refractivity contribution < 1.29 is 4.79 Å². The van der Waals surface area contributed by atoms with Crippen molar-refractivity contribution in [2.24, 2.45) is 17.3 Å². The van der Waals surface area contributed by atoms with Gasteiger partial charge in [0.25, 0.3) is 0 Å². The Balaban J connectivity index is 2.12. The quantitative estimate of drug-likeness (QED) is 0.799. The van der Waals surface area contributed by atoms with Gasteiger partial charge in [0.2, 0.25) is 5.91 Å². The molecule has 1 saturated heterocycles. The highest BCUT2D eigenvalue weighted by atomic mass is 16.2. The summed E-state index contributed by atoms with van der Waals surface area (Å²) >= 11 is 0. The van der Waals surface area contributed by atoms with Crippen LogP contribution in [0, 0.1) is 28.6 Å².